The molecule has 5 N–H and O–H groups in total. The Kier molecular flexibility index (Phi) is 20.3. The van der Waals surface area contributed by atoms with E-state index in [1.807, 2.05) is 19.2 Å². The van der Waals surface area contributed by atoms with Gasteiger partial charge in [-0.15, -0.1) is 13.2 Å². The van der Waals surface area contributed by atoms with E-state index in [1.165, 1.54) is 12.6 Å². The van der Waals surface area contributed by atoms with Crippen LogP contribution in [0.25, 0.3) is 0 Å². The molecule has 0 spiro atoms. The molecule has 164 valence electrons. The highest BCUT2D eigenvalue weighted by Crippen LogP contribution is 2.17. The summed E-state index contributed by atoms with van der Waals surface area (Å²) in [5.41, 5.74) is 7.94. The number of aryl methyl sites for hydroxylation is 1. The van der Waals surface area contributed by atoms with Gasteiger partial charge in [0.05, 0.1) is 6.61 Å². The predicted octanol–water partition coefficient (Wildman–Crippen LogP) is 4.29. The molecular weight excluding hydrogens is 360 g/mol. The third-order valence-electron chi connectivity index (χ3n) is 3.77. The van der Waals surface area contributed by atoms with Gasteiger partial charge in [-0.25, -0.2) is 0 Å². The van der Waals surface area contributed by atoms with E-state index in [1.54, 1.807) is 6.08 Å². The van der Waals surface area contributed by atoms with Crippen LogP contribution in [-0.4, -0.2) is 44.7 Å². The molecule has 1 rings (SSSR count). The lowest BCUT2D eigenvalue weighted by Crippen LogP contribution is -2.26. The van der Waals surface area contributed by atoms with Crippen molar-refractivity contribution in [3.8, 4) is 0 Å². The Morgan fingerprint density at radius 1 is 1.21 bits per heavy atom. The van der Waals surface area contributed by atoms with E-state index < -0.39 is 0 Å². The number of nitrogens with two attached hydrogens (primary N) is 1. The maximum atomic E-state index is 8.70. The number of aliphatic hydroxyl groups is 1. The number of hydrogen-bond acceptors (Lipinski definition) is 4. The van der Waals surface area contributed by atoms with Crippen molar-refractivity contribution in [3.63, 3.8) is 0 Å². The lowest BCUT2D eigenvalue weighted by molar-refractivity contribution is 0.343. The van der Waals surface area contributed by atoms with Crippen molar-refractivity contribution < 1.29 is 5.11 Å². The third kappa shape index (κ3) is 14.3. The standard InChI is InChI=1S/C21H33N3O.C2H4.CH5N/c1-17(2)12-14-24-21(23-13-8-6-5-7-9-15-25)19-11-10-18(3)16-20(19)22-4;2*1-2/h5-7,9-11,16-17,22,25H,8,12-15H2,1-4H3,(H,23,24);1-2H2;2H2,1H3/b6-5-,9-7-;;. The van der Waals surface area contributed by atoms with Crippen LogP contribution in [0.3, 0.4) is 0 Å². The first-order valence-corrected chi connectivity index (χ1v) is 10.2. The van der Waals surface area contributed by atoms with E-state index in [-0.39, 0.29) is 6.61 Å². The summed E-state index contributed by atoms with van der Waals surface area (Å²) >= 11 is 0. The van der Waals surface area contributed by atoms with Gasteiger partial charge in [0.25, 0.3) is 0 Å². The maximum Gasteiger partial charge on any atom is 0.130 e. The van der Waals surface area contributed by atoms with Crippen molar-refractivity contribution >= 4 is 11.5 Å². The molecule has 0 radical (unpaired) electrons. The summed E-state index contributed by atoms with van der Waals surface area (Å²) in [6, 6.07) is 6.40. The van der Waals surface area contributed by atoms with Crippen LogP contribution in [0.4, 0.5) is 5.69 Å². The fourth-order valence-corrected chi connectivity index (χ4v) is 2.33. The largest absolute Gasteiger partial charge is 0.392 e. The van der Waals surface area contributed by atoms with E-state index in [2.05, 4.69) is 74.6 Å². The molecule has 0 atom stereocenters. The van der Waals surface area contributed by atoms with Crippen molar-refractivity contribution in [1.82, 2.24) is 5.32 Å². The molecule has 0 saturated heterocycles. The molecule has 29 heavy (non-hydrogen) atoms. The highest BCUT2D eigenvalue weighted by atomic mass is 16.2. The molecule has 0 aromatic heterocycles. The molecular formula is C24H42N4O. The minimum absolute atomic E-state index is 0.0788. The highest BCUT2D eigenvalue weighted by Gasteiger charge is 2.08. The lowest BCUT2D eigenvalue weighted by atomic mass is 10.1. The number of rotatable bonds is 10. The number of nitrogens with zero attached hydrogens (tertiary/aromatic N) is 1. The fourth-order valence-electron chi connectivity index (χ4n) is 2.33. The van der Waals surface area contributed by atoms with Gasteiger partial charge < -0.3 is 21.5 Å². The molecule has 1 aromatic carbocycles. The lowest BCUT2D eigenvalue weighted by Gasteiger charge is -2.15. The van der Waals surface area contributed by atoms with Crippen LogP contribution in [0.15, 0.2) is 60.7 Å². The number of anilines is 1. The van der Waals surface area contributed by atoms with Gasteiger partial charge in [-0.2, -0.15) is 0 Å². The molecule has 1 aromatic rings. The summed E-state index contributed by atoms with van der Waals surface area (Å²) in [7, 11) is 3.44. The van der Waals surface area contributed by atoms with Crippen molar-refractivity contribution in [2.75, 3.05) is 39.1 Å². The van der Waals surface area contributed by atoms with Gasteiger partial charge in [0.1, 0.15) is 5.84 Å². The minimum Gasteiger partial charge on any atom is -0.392 e. The van der Waals surface area contributed by atoms with Crippen LogP contribution in [-0.2, 0) is 0 Å². The first-order chi connectivity index (χ1) is 14.1. The van der Waals surface area contributed by atoms with Crippen LogP contribution in [0, 0.1) is 12.8 Å². The zero-order chi connectivity index (χ0) is 22.5. The average molecular weight is 403 g/mol. The first kappa shape index (κ1) is 28.8. The molecule has 0 heterocycles. The number of aliphatic hydroxyl groups excluding tert-OH is 1. The Balaban J connectivity index is 0. The topological polar surface area (TPSA) is 82.7 Å². The van der Waals surface area contributed by atoms with Gasteiger partial charge in [-0.1, -0.05) is 44.2 Å². The molecule has 5 heteroatoms. The number of nitrogens with one attached hydrogen (secondary N) is 2. The number of allylic oxidation sites excluding steroid dienone is 2. The van der Waals surface area contributed by atoms with Crippen molar-refractivity contribution in [2.24, 2.45) is 16.6 Å². The number of benzene rings is 1. The van der Waals surface area contributed by atoms with Crippen molar-refractivity contribution in [3.05, 3.63) is 66.8 Å². The van der Waals surface area contributed by atoms with E-state index in [0.717, 1.165) is 43.0 Å². The van der Waals surface area contributed by atoms with Crippen LogP contribution in [0.5, 0.6) is 0 Å². The second-order valence-electron chi connectivity index (χ2n) is 6.47. The molecule has 0 saturated carbocycles. The molecule has 0 aliphatic rings. The fraction of sp³-hybridized carbons (Fsp3) is 0.458. The summed E-state index contributed by atoms with van der Waals surface area (Å²) in [5, 5.41) is 15.5. The Bertz CT molecular complexity index is 607. The molecule has 0 aliphatic heterocycles. The SMILES string of the molecule is C=C.CN.CNc1cc(C)ccc1C(=NCCC(C)C)NCC/C=C\C=C/CO. The minimum atomic E-state index is 0.0788. The Hall–Kier alpha value is -2.37. The maximum absolute atomic E-state index is 8.70. The average Bonchev–Trinajstić information content (AvgIpc) is 2.74. The quantitative estimate of drug-likeness (QED) is 0.155. The Morgan fingerprint density at radius 3 is 2.45 bits per heavy atom. The molecule has 0 bridgehead atoms. The molecule has 0 aliphatic carbocycles. The second-order valence-corrected chi connectivity index (χ2v) is 6.47. The highest BCUT2D eigenvalue weighted by molar-refractivity contribution is 6.03. The van der Waals surface area contributed by atoms with Crippen molar-refractivity contribution in [2.45, 2.75) is 33.6 Å². The van der Waals surface area contributed by atoms with Gasteiger partial charge in [0.2, 0.25) is 0 Å². The van der Waals surface area contributed by atoms with Gasteiger partial charge in [0, 0.05) is 31.4 Å². The summed E-state index contributed by atoms with van der Waals surface area (Å²) in [6.07, 6.45) is 9.60. The smallest absolute Gasteiger partial charge is 0.130 e. The normalized spacial score (nSPS) is 11.1. The summed E-state index contributed by atoms with van der Waals surface area (Å²) in [5.74, 6) is 1.59. The Morgan fingerprint density at radius 2 is 1.86 bits per heavy atom. The molecule has 0 unspecified atom stereocenters. The molecule has 0 amide bonds. The first-order valence-electron chi connectivity index (χ1n) is 10.2. The van der Waals surface area contributed by atoms with Crippen LogP contribution >= 0.6 is 0 Å². The summed E-state index contributed by atoms with van der Waals surface area (Å²) < 4.78 is 0. The van der Waals surface area contributed by atoms with E-state index >= 15 is 0 Å². The molecule has 5 nitrogen and oxygen atoms in total. The van der Waals surface area contributed by atoms with Crippen LogP contribution in [0.2, 0.25) is 0 Å². The zero-order valence-corrected chi connectivity index (χ0v) is 19.0. The monoisotopic (exact) mass is 402 g/mol. The van der Waals surface area contributed by atoms with Crippen LogP contribution < -0.4 is 16.4 Å². The van der Waals surface area contributed by atoms with E-state index in [0.29, 0.717) is 5.92 Å². The second kappa shape index (κ2) is 20.4. The zero-order valence-electron chi connectivity index (χ0n) is 19.0. The van der Waals surface area contributed by atoms with Crippen molar-refractivity contribution in [1.29, 1.82) is 0 Å². The summed E-state index contributed by atoms with van der Waals surface area (Å²) in [4.78, 5) is 4.81. The van der Waals surface area contributed by atoms with Gasteiger partial charge in [-0.05, 0) is 50.4 Å². The van der Waals surface area contributed by atoms with Crippen LogP contribution in [0.1, 0.15) is 37.8 Å². The Labute approximate surface area is 178 Å². The number of hydrogen-bond donors (Lipinski definition) is 4. The summed E-state index contributed by atoms with van der Waals surface area (Å²) in [6.45, 7) is 14.3. The van der Waals surface area contributed by atoms with E-state index in [4.69, 9.17) is 10.1 Å². The van der Waals surface area contributed by atoms with Gasteiger partial charge in [0.15, 0.2) is 0 Å². The third-order valence-corrected chi connectivity index (χ3v) is 3.77. The number of aliphatic imine (C=N–C) groups is 1. The predicted molar refractivity (Wildman–Crippen MR) is 131 cm³/mol. The van der Waals surface area contributed by atoms with Gasteiger partial charge in [-0.3, -0.25) is 4.99 Å². The number of amidine groups is 1. The van der Waals surface area contributed by atoms with Gasteiger partial charge >= 0.3 is 0 Å². The molecule has 0 fully saturated rings. The van der Waals surface area contributed by atoms with E-state index in [9.17, 15) is 0 Å².